The van der Waals surface area contributed by atoms with Crippen LogP contribution in [0.3, 0.4) is 0 Å². The monoisotopic (exact) mass is 180 g/mol. The number of hydrogen-bond donors (Lipinski definition) is 1. The molecule has 0 bridgehead atoms. The van der Waals surface area contributed by atoms with Crippen molar-refractivity contribution >= 4 is 6.72 Å². The van der Waals surface area contributed by atoms with Crippen molar-refractivity contribution in [1.29, 1.82) is 0 Å². The summed E-state index contributed by atoms with van der Waals surface area (Å²) in [6.07, 6.45) is 5.83. The van der Waals surface area contributed by atoms with E-state index in [-0.39, 0.29) is 0 Å². The predicted octanol–water partition coefficient (Wildman–Crippen LogP) is 2.39. The first-order valence-corrected chi connectivity index (χ1v) is 4.65. The van der Waals surface area contributed by atoms with Gasteiger partial charge in [0.05, 0.1) is 0 Å². The first kappa shape index (κ1) is 12.1. The lowest BCUT2D eigenvalue weighted by atomic mass is 9.99. The van der Waals surface area contributed by atoms with Crippen LogP contribution in [0.5, 0.6) is 0 Å². The molecule has 0 fully saturated rings. The Kier molecular flexibility index (Phi) is 7.21. The maximum atomic E-state index is 3.95. The fourth-order valence-corrected chi connectivity index (χ4v) is 1.17. The van der Waals surface area contributed by atoms with Crippen LogP contribution in [-0.2, 0) is 0 Å². The van der Waals surface area contributed by atoms with Crippen LogP contribution in [0.1, 0.15) is 19.8 Å². The van der Waals surface area contributed by atoms with Gasteiger partial charge in [0.25, 0.3) is 0 Å². The van der Waals surface area contributed by atoms with Gasteiger partial charge in [0.2, 0.25) is 0 Å². The zero-order chi connectivity index (χ0) is 10.1. The highest BCUT2D eigenvalue weighted by Gasteiger charge is 2.01. The number of nitrogens with one attached hydrogen (secondary N) is 1. The topological polar surface area (TPSA) is 24.4 Å². The van der Waals surface area contributed by atoms with E-state index in [2.05, 4.69) is 30.5 Å². The fraction of sp³-hybridized carbons (Fsp3) is 0.545. The SMILES string of the molecule is C=N/C=C\C(=C)CC(C)CCNC. The number of rotatable bonds is 7. The van der Waals surface area contributed by atoms with Crippen LogP contribution in [0.4, 0.5) is 0 Å². The van der Waals surface area contributed by atoms with Crippen LogP contribution < -0.4 is 5.32 Å². The van der Waals surface area contributed by atoms with Gasteiger partial charge in [-0.3, -0.25) is 4.99 Å². The lowest BCUT2D eigenvalue weighted by Crippen LogP contribution is -2.11. The lowest BCUT2D eigenvalue weighted by Gasteiger charge is -2.10. The molecule has 0 radical (unpaired) electrons. The van der Waals surface area contributed by atoms with Gasteiger partial charge in [-0.2, -0.15) is 0 Å². The molecular weight excluding hydrogens is 160 g/mol. The average molecular weight is 180 g/mol. The summed E-state index contributed by atoms with van der Waals surface area (Å²) in [5, 5.41) is 3.14. The summed E-state index contributed by atoms with van der Waals surface area (Å²) in [6, 6.07) is 0. The molecule has 0 aromatic heterocycles. The highest BCUT2D eigenvalue weighted by Crippen LogP contribution is 2.13. The molecule has 0 aliphatic carbocycles. The van der Waals surface area contributed by atoms with Gasteiger partial charge in [-0.15, -0.1) is 0 Å². The van der Waals surface area contributed by atoms with E-state index in [1.807, 2.05) is 13.1 Å². The normalized spacial score (nSPS) is 13.1. The van der Waals surface area contributed by atoms with Crippen molar-refractivity contribution in [3.05, 3.63) is 24.4 Å². The second-order valence-electron chi connectivity index (χ2n) is 3.36. The molecule has 1 N–H and O–H groups in total. The van der Waals surface area contributed by atoms with Crippen LogP contribution in [-0.4, -0.2) is 20.3 Å². The molecule has 0 saturated carbocycles. The molecule has 2 nitrogen and oxygen atoms in total. The number of hydrogen-bond acceptors (Lipinski definition) is 2. The van der Waals surface area contributed by atoms with E-state index >= 15 is 0 Å². The summed E-state index contributed by atoms with van der Waals surface area (Å²) in [5.74, 6) is 0.675. The lowest BCUT2D eigenvalue weighted by molar-refractivity contribution is 0.517. The number of nitrogens with zero attached hydrogens (tertiary/aromatic N) is 1. The molecule has 0 saturated heterocycles. The molecule has 0 aromatic carbocycles. The fourth-order valence-electron chi connectivity index (χ4n) is 1.17. The highest BCUT2D eigenvalue weighted by molar-refractivity contribution is 5.27. The van der Waals surface area contributed by atoms with E-state index < -0.39 is 0 Å². The predicted molar refractivity (Wildman–Crippen MR) is 60.2 cm³/mol. The van der Waals surface area contributed by atoms with E-state index in [9.17, 15) is 0 Å². The molecular formula is C11H20N2. The van der Waals surface area contributed by atoms with E-state index in [4.69, 9.17) is 0 Å². The molecule has 0 aliphatic rings. The summed E-state index contributed by atoms with van der Waals surface area (Å²) in [5.41, 5.74) is 1.12. The minimum atomic E-state index is 0.675. The molecule has 0 amide bonds. The van der Waals surface area contributed by atoms with Crippen molar-refractivity contribution in [2.75, 3.05) is 13.6 Å². The third-order valence-corrected chi connectivity index (χ3v) is 1.91. The second kappa shape index (κ2) is 7.74. The third-order valence-electron chi connectivity index (χ3n) is 1.91. The Balaban J connectivity index is 3.64. The number of aliphatic imine (C=N–C) groups is 1. The van der Waals surface area contributed by atoms with Crippen molar-refractivity contribution in [1.82, 2.24) is 5.32 Å². The number of allylic oxidation sites excluding steroid dienone is 2. The van der Waals surface area contributed by atoms with Crippen molar-refractivity contribution in [3.63, 3.8) is 0 Å². The van der Waals surface area contributed by atoms with Gasteiger partial charge in [-0.05, 0) is 45.1 Å². The molecule has 0 aromatic rings. The minimum absolute atomic E-state index is 0.675. The van der Waals surface area contributed by atoms with Gasteiger partial charge in [0.15, 0.2) is 0 Å². The minimum Gasteiger partial charge on any atom is -0.320 e. The van der Waals surface area contributed by atoms with Gasteiger partial charge < -0.3 is 5.32 Å². The van der Waals surface area contributed by atoms with Crippen LogP contribution in [0.2, 0.25) is 0 Å². The molecule has 0 heterocycles. The second-order valence-corrected chi connectivity index (χ2v) is 3.36. The molecule has 0 spiro atoms. The maximum absolute atomic E-state index is 3.95. The first-order chi connectivity index (χ1) is 6.20. The molecule has 1 atom stereocenters. The summed E-state index contributed by atoms with van der Waals surface area (Å²) >= 11 is 0. The van der Waals surface area contributed by atoms with Crippen LogP contribution in [0, 0.1) is 5.92 Å². The van der Waals surface area contributed by atoms with Crippen LogP contribution in [0.25, 0.3) is 0 Å². The molecule has 13 heavy (non-hydrogen) atoms. The Bertz CT molecular complexity index is 183. The van der Waals surface area contributed by atoms with Gasteiger partial charge in [0.1, 0.15) is 0 Å². The Labute approximate surface area is 81.5 Å². The molecule has 0 aliphatic heterocycles. The summed E-state index contributed by atoms with van der Waals surface area (Å²) in [6.45, 7) is 10.6. The van der Waals surface area contributed by atoms with Crippen molar-refractivity contribution in [2.24, 2.45) is 10.9 Å². The zero-order valence-corrected chi connectivity index (χ0v) is 8.71. The van der Waals surface area contributed by atoms with Gasteiger partial charge in [-0.1, -0.05) is 19.1 Å². The Hall–Kier alpha value is -0.890. The summed E-state index contributed by atoms with van der Waals surface area (Å²) < 4.78 is 0. The Morgan fingerprint density at radius 2 is 2.31 bits per heavy atom. The zero-order valence-electron chi connectivity index (χ0n) is 8.71. The standard InChI is InChI=1S/C11H20N2/c1-10(5-7-12-3)9-11(2)6-8-13-4/h5,7,11,13H,1,3,6,8-9H2,2,4H3/b7-5-. The largest absolute Gasteiger partial charge is 0.320 e. The van der Waals surface area contributed by atoms with Crippen molar-refractivity contribution < 1.29 is 0 Å². The molecule has 1 unspecified atom stereocenters. The Morgan fingerprint density at radius 1 is 1.62 bits per heavy atom. The summed E-state index contributed by atoms with van der Waals surface area (Å²) in [4.78, 5) is 3.64. The molecule has 2 heteroatoms. The van der Waals surface area contributed by atoms with Crippen LogP contribution >= 0.6 is 0 Å². The highest BCUT2D eigenvalue weighted by atomic mass is 14.8. The van der Waals surface area contributed by atoms with E-state index in [1.165, 1.54) is 6.42 Å². The van der Waals surface area contributed by atoms with E-state index in [1.54, 1.807) is 6.20 Å². The average Bonchev–Trinajstić information content (AvgIpc) is 2.11. The Morgan fingerprint density at radius 3 is 2.85 bits per heavy atom. The smallest absolute Gasteiger partial charge is 0.0263 e. The van der Waals surface area contributed by atoms with Crippen molar-refractivity contribution in [2.45, 2.75) is 19.8 Å². The first-order valence-electron chi connectivity index (χ1n) is 4.65. The third kappa shape index (κ3) is 7.47. The maximum Gasteiger partial charge on any atom is 0.0263 e. The quantitative estimate of drug-likeness (QED) is 0.472. The van der Waals surface area contributed by atoms with Gasteiger partial charge >= 0.3 is 0 Å². The molecule has 0 rings (SSSR count). The molecule has 74 valence electrons. The van der Waals surface area contributed by atoms with E-state index in [0.717, 1.165) is 18.5 Å². The summed E-state index contributed by atoms with van der Waals surface area (Å²) in [7, 11) is 1.98. The van der Waals surface area contributed by atoms with Gasteiger partial charge in [-0.25, -0.2) is 0 Å². The van der Waals surface area contributed by atoms with Gasteiger partial charge in [0, 0.05) is 6.20 Å². The van der Waals surface area contributed by atoms with Crippen LogP contribution in [0.15, 0.2) is 29.4 Å². The van der Waals surface area contributed by atoms with Crippen molar-refractivity contribution in [3.8, 4) is 0 Å². The van der Waals surface area contributed by atoms with E-state index in [0.29, 0.717) is 5.92 Å².